The number of carbonyl (C=O) groups is 2. The summed E-state index contributed by atoms with van der Waals surface area (Å²) in [6, 6.07) is 5.26. The monoisotopic (exact) mass is 527 g/mol. The third-order valence-corrected chi connectivity index (χ3v) is 7.33. The predicted octanol–water partition coefficient (Wildman–Crippen LogP) is 6.53. The van der Waals surface area contributed by atoms with Crippen molar-refractivity contribution < 1.29 is 28.5 Å². The lowest BCUT2D eigenvalue weighted by Gasteiger charge is -2.29. The first kappa shape index (κ1) is 28.4. The number of carbonyl (C=O) groups excluding carboxylic acids is 2. The van der Waals surface area contributed by atoms with Crippen molar-refractivity contribution in [3.05, 3.63) is 50.9 Å². The second-order valence-electron chi connectivity index (χ2n) is 9.15. The second-order valence-corrected chi connectivity index (χ2v) is 10.2. The number of benzene rings is 2. The molecule has 8 heteroatoms. The van der Waals surface area contributed by atoms with Crippen molar-refractivity contribution in [1.82, 2.24) is 5.32 Å². The van der Waals surface area contributed by atoms with E-state index < -0.39 is 0 Å². The average molecular weight is 528 g/mol. The van der Waals surface area contributed by atoms with Crippen molar-refractivity contribution in [1.29, 1.82) is 0 Å². The first-order valence-corrected chi connectivity index (χ1v) is 13.4. The van der Waals surface area contributed by atoms with Gasteiger partial charge in [-0.1, -0.05) is 19.4 Å². The molecule has 0 saturated carbocycles. The van der Waals surface area contributed by atoms with Gasteiger partial charge in [0.2, 0.25) is 0 Å². The predicted molar refractivity (Wildman–Crippen MR) is 148 cm³/mol. The molecule has 200 valence electrons. The molecule has 0 radical (unpaired) electrons. The molecule has 0 spiro atoms. The third kappa shape index (κ3) is 6.80. The molecule has 1 atom stereocenters. The van der Waals surface area contributed by atoms with Crippen LogP contribution in [0.2, 0.25) is 0 Å². The van der Waals surface area contributed by atoms with Gasteiger partial charge >= 0.3 is 0 Å². The summed E-state index contributed by atoms with van der Waals surface area (Å²) in [4.78, 5) is 22.8. The van der Waals surface area contributed by atoms with Crippen LogP contribution in [-0.4, -0.2) is 38.1 Å². The van der Waals surface area contributed by atoms with Crippen LogP contribution in [0.5, 0.6) is 23.0 Å². The molecule has 1 saturated heterocycles. The van der Waals surface area contributed by atoms with Gasteiger partial charge in [-0.25, -0.2) is 0 Å². The highest BCUT2D eigenvalue weighted by molar-refractivity contribution is 8.18. The summed E-state index contributed by atoms with van der Waals surface area (Å²) in [5.74, 6) is 3.00. The largest absolute Gasteiger partial charge is 0.493 e. The zero-order valence-electron chi connectivity index (χ0n) is 22.8. The van der Waals surface area contributed by atoms with E-state index in [0.717, 1.165) is 54.7 Å². The molecule has 0 aromatic heterocycles. The molecule has 2 aliphatic heterocycles. The quantitative estimate of drug-likeness (QED) is 0.324. The van der Waals surface area contributed by atoms with Gasteiger partial charge in [0, 0.05) is 5.56 Å². The van der Waals surface area contributed by atoms with Crippen molar-refractivity contribution in [2.75, 3.05) is 20.8 Å². The Labute approximate surface area is 223 Å². The SMILES string of the molecule is CCCCOc1c(C)c(C)c2c(c1C)CCC(C)O2.COc1ccc(/C=C2/SC(=O)NC2=O)cc1OC. The Morgan fingerprint density at radius 3 is 2.43 bits per heavy atom. The molecule has 0 bridgehead atoms. The van der Waals surface area contributed by atoms with E-state index in [1.54, 1.807) is 31.4 Å². The van der Waals surface area contributed by atoms with Crippen molar-refractivity contribution in [2.45, 2.75) is 66.4 Å². The number of unbranched alkanes of at least 4 members (excludes halogenated alkanes) is 1. The maximum atomic E-state index is 11.4. The first-order valence-electron chi connectivity index (χ1n) is 12.6. The van der Waals surface area contributed by atoms with Gasteiger partial charge in [-0.3, -0.25) is 14.9 Å². The molecular weight excluding hydrogens is 490 g/mol. The maximum absolute atomic E-state index is 11.4. The normalized spacial score (nSPS) is 17.4. The Balaban J connectivity index is 0.000000206. The molecule has 7 nitrogen and oxygen atoms in total. The fraction of sp³-hybridized carbons (Fsp3) is 0.448. The number of imide groups is 1. The van der Waals surface area contributed by atoms with Gasteiger partial charge in [0.15, 0.2) is 11.5 Å². The Morgan fingerprint density at radius 2 is 1.81 bits per heavy atom. The number of nitrogens with one attached hydrogen (secondary N) is 1. The van der Waals surface area contributed by atoms with Crippen LogP contribution in [0.1, 0.15) is 60.9 Å². The number of hydrogen-bond donors (Lipinski definition) is 1. The molecule has 0 aliphatic carbocycles. The van der Waals surface area contributed by atoms with Crippen molar-refractivity contribution in [3.63, 3.8) is 0 Å². The van der Waals surface area contributed by atoms with E-state index in [9.17, 15) is 9.59 Å². The molecule has 2 aromatic rings. The minimum atomic E-state index is -0.375. The number of methoxy groups -OCH3 is 2. The Morgan fingerprint density at radius 1 is 1.08 bits per heavy atom. The van der Waals surface area contributed by atoms with Crippen LogP contribution in [0.15, 0.2) is 23.1 Å². The number of ether oxygens (including phenoxy) is 4. The molecule has 2 heterocycles. The fourth-order valence-corrected chi connectivity index (χ4v) is 4.96. The Bertz CT molecular complexity index is 1190. The summed E-state index contributed by atoms with van der Waals surface area (Å²) in [5.41, 5.74) is 5.88. The number of thioether (sulfide) groups is 1. The summed E-state index contributed by atoms with van der Waals surface area (Å²) >= 11 is 0.881. The summed E-state index contributed by atoms with van der Waals surface area (Å²) in [6.07, 6.45) is 6.45. The van der Waals surface area contributed by atoms with Gasteiger partial charge in [-0.2, -0.15) is 0 Å². The number of fused-ring (bicyclic) bond motifs is 1. The van der Waals surface area contributed by atoms with Crippen LogP contribution >= 0.6 is 11.8 Å². The highest BCUT2D eigenvalue weighted by atomic mass is 32.2. The van der Waals surface area contributed by atoms with Gasteiger partial charge in [0.05, 0.1) is 31.8 Å². The summed E-state index contributed by atoms with van der Waals surface area (Å²) < 4.78 is 22.4. The summed E-state index contributed by atoms with van der Waals surface area (Å²) in [6.45, 7) is 11.6. The van der Waals surface area contributed by atoms with Gasteiger partial charge < -0.3 is 18.9 Å². The molecule has 2 aromatic carbocycles. The lowest BCUT2D eigenvalue weighted by atomic mass is 9.92. The van der Waals surface area contributed by atoms with E-state index in [1.165, 1.54) is 35.8 Å². The summed E-state index contributed by atoms with van der Waals surface area (Å²) in [7, 11) is 3.09. The van der Waals surface area contributed by atoms with Crippen LogP contribution in [0, 0.1) is 20.8 Å². The third-order valence-electron chi connectivity index (χ3n) is 6.52. The van der Waals surface area contributed by atoms with Crippen LogP contribution < -0.4 is 24.3 Å². The van der Waals surface area contributed by atoms with Crippen LogP contribution in [0.4, 0.5) is 4.79 Å². The van der Waals surface area contributed by atoms with Crippen molar-refractivity contribution in [3.8, 4) is 23.0 Å². The molecular formula is C29H37NO6S. The fourth-order valence-electron chi connectivity index (χ4n) is 4.27. The van der Waals surface area contributed by atoms with E-state index in [2.05, 4.69) is 39.9 Å². The minimum Gasteiger partial charge on any atom is -0.493 e. The van der Waals surface area contributed by atoms with Crippen molar-refractivity contribution >= 4 is 29.0 Å². The van der Waals surface area contributed by atoms with Crippen LogP contribution in [0.25, 0.3) is 6.08 Å². The molecule has 1 fully saturated rings. The zero-order valence-corrected chi connectivity index (χ0v) is 23.6. The lowest BCUT2D eigenvalue weighted by Crippen LogP contribution is -2.21. The lowest BCUT2D eigenvalue weighted by molar-refractivity contribution is -0.115. The number of hydrogen-bond acceptors (Lipinski definition) is 7. The minimum absolute atomic E-state index is 0.330. The van der Waals surface area contributed by atoms with Crippen LogP contribution in [-0.2, 0) is 11.2 Å². The molecule has 2 amide bonds. The van der Waals surface area contributed by atoms with Crippen LogP contribution in [0.3, 0.4) is 0 Å². The highest BCUT2D eigenvalue weighted by Gasteiger charge is 2.26. The van der Waals surface area contributed by atoms with E-state index in [4.69, 9.17) is 18.9 Å². The van der Waals surface area contributed by atoms with E-state index in [-0.39, 0.29) is 11.1 Å². The topological polar surface area (TPSA) is 83.1 Å². The highest BCUT2D eigenvalue weighted by Crippen LogP contribution is 2.41. The average Bonchev–Trinajstić information content (AvgIpc) is 3.21. The van der Waals surface area contributed by atoms with Gasteiger partial charge in [0.25, 0.3) is 11.1 Å². The van der Waals surface area contributed by atoms with Gasteiger partial charge in [-0.05, 0) is 99.2 Å². The second kappa shape index (κ2) is 12.9. The number of rotatable bonds is 7. The smallest absolute Gasteiger partial charge is 0.290 e. The standard InChI is InChI=1S/C17H26O2.C12H11NO4S/c1-6-7-10-18-16-12(3)13(4)17-15(14(16)5)9-8-11(2)19-17;1-16-8-4-3-7(5-9(8)17-2)6-10-11(14)13-12(15)18-10/h11H,6-10H2,1-5H3;3-6H,1-2H3,(H,13,14,15)/b;10-6+. The zero-order chi connectivity index (χ0) is 27.1. The van der Waals surface area contributed by atoms with Gasteiger partial charge in [-0.15, -0.1) is 0 Å². The molecule has 1 unspecified atom stereocenters. The van der Waals surface area contributed by atoms with E-state index in [1.807, 2.05) is 0 Å². The van der Waals surface area contributed by atoms with E-state index >= 15 is 0 Å². The number of amides is 2. The van der Waals surface area contributed by atoms with Crippen molar-refractivity contribution in [2.24, 2.45) is 0 Å². The Kier molecular flexibility index (Phi) is 9.92. The molecule has 37 heavy (non-hydrogen) atoms. The molecule has 4 rings (SSSR count). The van der Waals surface area contributed by atoms with Gasteiger partial charge in [0.1, 0.15) is 11.5 Å². The van der Waals surface area contributed by atoms with E-state index in [0.29, 0.717) is 22.5 Å². The Hall–Kier alpha value is -3.13. The molecule has 1 N–H and O–H groups in total. The summed E-state index contributed by atoms with van der Waals surface area (Å²) in [5, 5.41) is 1.84. The molecule has 2 aliphatic rings. The maximum Gasteiger partial charge on any atom is 0.290 e. The first-order chi connectivity index (χ1) is 17.7.